The summed E-state index contributed by atoms with van der Waals surface area (Å²) in [6.45, 7) is 1.01. The van der Waals surface area contributed by atoms with Gasteiger partial charge in [-0.05, 0) is 37.0 Å². The molecule has 3 N–H and O–H groups in total. The minimum Gasteiger partial charge on any atom is -0.351 e. The number of nitrogens with two attached hydrogens (primary N) is 1. The SMILES string of the molecule is CSCCCCNC(=O)c1ccc(C#CCN)cn1. The minimum absolute atomic E-state index is 0.137. The lowest BCUT2D eigenvalue weighted by Crippen LogP contribution is -2.25. The normalized spacial score (nSPS) is 9.58. The largest absolute Gasteiger partial charge is 0.351 e. The van der Waals surface area contributed by atoms with Crippen LogP contribution in [0, 0.1) is 11.8 Å². The number of nitrogens with one attached hydrogen (secondary N) is 1. The Labute approximate surface area is 118 Å². The first-order valence-electron chi connectivity index (χ1n) is 6.20. The third kappa shape index (κ3) is 6.27. The molecule has 1 heterocycles. The first kappa shape index (κ1) is 15.5. The van der Waals surface area contributed by atoms with Crippen LogP contribution in [0.4, 0.5) is 0 Å². The molecule has 0 unspecified atom stereocenters. The van der Waals surface area contributed by atoms with Crippen molar-refractivity contribution in [3.8, 4) is 11.8 Å². The molecule has 0 radical (unpaired) electrons. The van der Waals surface area contributed by atoms with Crippen LogP contribution in [0.1, 0.15) is 28.9 Å². The summed E-state index contributed by atoms with van der Waals surface area (Å²) >= 11 is 1.82. The van der Waals surface area contributed by atoms with E-state index < -0.39 is 0 Å². The quantitative estimate of drug-likeness (QED) is 0.607. The second-order valence-electron chi connectivity index (χ2n) is 3.89. The van der Waals surface area contributed by atoms with E-state index in [1.807, 2.05) is 11.8 Å². The van der Waals surface area contributed by atoms with Gasteiger partial charge in [0, 0.05) is 18.3 Å². The number of nitrogens with zero attached hydrogens (tertiary/aromatic N) is 1. The van der Waals surface area contributed by atoms with Crippen LogP contribution in [0.25, 0.3) is 0 Å². The van der Waals surface area contributed by atoms with Gasteiger partial charge in [-0.3, -0.25) is 4.79 Å². The third-order valence-corrected chi connectivity index (χ3v) is 3.09. The van der Waals surface area contributed by atoms with Gasteiger partial charge in [0.25, 0.3) is 5.91 Å². The summed E-state index contributed by atoms with van der Waals surface area (Å²) < 4.78 is 0. The number of hydrogen-bond donors (Lipinski definition) is 2. The smallest absolute Gasteiger partial charge is 0.269 e. The summed E-state index contributed by atoms with van der Waals surface area (Å²) in [5.41, 5.74) is 6.47. The average Bonchev–Trinajstić information content (AvgIpc) is 2.45. The molecule has 0 fully saturated rings. The highest BCUT2D eigenvalue weighted by molar-refractivity contribution is 7.98. The molecule has 0 aliphatic carbocycles. The summed E-state index contributed by atoms with van der Waals surface area (Å²) in [7, 11) is 0. The number of amides is 1. The number of carbonyl (C=O) groups excluding carboxylic acids is 1. The van der Waals surface area contributed by atoms with Gasteiger partial charge in [0.2, 0.25) is 0 Å². The minimum atomic E-state index is -0.137. The lowest BCUT2D eigenvalue weighted by atomic mass is 10.2. The fourth-order valence-corrected chi connectivity index (χ4v) is 1.91. The van der Waals surface area contributed by atoms with E-state index in [2.05, 4.69) is 28.4 Å². The van der Waals surface area contributed by atoms with Crippen LogP contribution in [-0.4, -0.2) is 36.0 Å². The van der Waals surface area contributed by atoms with Crippen molar-refractivity contribution in [3.05, 3.63) is 29.6 Å². The second kappa shape index (κ2) is 9.42. The van der Waals surface area contributed by atoms with Gasteiger partial charge in [0.05, 0.1) is 6.54 Å². The summed E-state index contributed by atoms with van der Waals surface area (Å²) in [6, 6.07) is 3.45. The van der Waals surface area contributed by atoms with Gasteiger partial charge >= 0.3 is 0 Å². The Morgan fingerprint density at radius 3 is 2.95 bits per heavy atom. The van der Waals surface area contributed by atoms with Gasteiger partial charge in [-0.25, -0.2) is 4.98 Å². The van der Waals surface area contributed by atoms with E-state index >= 15 is 0 Å². The summed E-state index contributed by atoms with van der Waals surface area (Å²) in [5, 5.41) is 2.85. The van der Waals surface area contributed by atoms with Gasteiger partial charge in [0.15, 0.2) is 0 Å². The summed E-state index contributed by atoms with van der Waals surface area (Å²) in [5.74, 6) is 6.60. The van der Waals surface area contributed by atoms with Crippen molar-refractivity contribution in [2.75, 3.05) is 25.1 Å². The number of rotatable bonds is 6. The van der Waals surface area contributed by atoms with Crippen LogP contribution >= 0.6 is 11.8 Å². The Hall–Kier alpha value is -1.51. The van der Waals surface area contributed by atoms with Gasteiger partial charge in [-0.1, -0.05) is 11.8 Å². The number of unbranched alkanes of at least 4 members (excludes halogenated alkanes) is 1. The average molecular weight is 277 g/mol. The van der Waals surface area contributed by atoms with Crippen molar-refractivity contribution in [1.82, 2.24) is 10.3 Å². The topological polar surface area (TPSA) is 68.0 Å². The van der Waals surface area contributed by atoms with Gasteiger partial charge in [-0.2, -0.15) is 11.8 Å². The van der Waals surface area contributed by atoms with E-state index in [1.54, 1.807) is 18.3 Å². The monoisotopic (exact) mass is 277 g/mol. The predicted octanol–water partition coefficient (Wildman–Crippen LogP) is 1.26. The molecular formula is C14H19N3OS. The number of aromatic nitrogens is 1. The van der Waals surface area contributed by atoms with Crippen molar-refractivity contribution in [2.24, 2.45) is 5.73 Å². The molecule has 0 aliphatic rings. The Kier molecular flexibility index (Phi) is 7.71. The van der Waals surface area contributed by atoms with E-state index in [9.17, 15) is 4.79 Å². The molecule has 5 heteroatoms. The lowest BCUT2D eigenvalue weighted by Gasteiger charge is -2.04. The number of carbonyl (C=O) groups is 1. The third-order valence-electron chi connectivity index (χ3n) is 2.39. The van der Waals surface area contributed by atoms with E-state index in [1.165, 1.54) is 0 Å². The Morgan fingerprint density at radius 1 is 1.47 bits per heavy atom. The van der Waals surface area contributed by atoms with Crippen molar-refractivity contribution in [2.45, 2.75) is 12.8 Å². The number of thioether (sulfide) groups is 1. The molecule has 0 saturated heterocycles. The van der Waals surface area contributed by atoms with Crippen molar-refractivity contribution >= 4 is 17.7 Å². The molecule has 0 aromatic carbocycles. The molecule has 0 bridgehead atoms. The molecule has 0 saturated carbocycles. The highest BCUT2D eigenvalue weighted by atomic mass is 32.2. The molecule has 0 aliphatic heterocycles. The van der Waals surface area contributed by atoms with Crippen LogP contribution < -0.4 is 11.1 Å². The van der Waals surface area contributed by atoms with E-state index in [0.29, 0.717) is 18.8 Å². The molecule has 0 spiro atoms. The van der Waals surface area contributed by atoms with Crippen molar-refractivity contribution in [1.29, 1.82) is 0 Å². The van der Waals surface area contributed by atoms with Crippen LogP contribution in [0.15, 0.2) is 18.3 Å². The molecule has 1 rings (SSSR count). The first-order chi connectivity index (χ1) is 9.27. The highest BCUT2D eigenvalue weighted by Crippen LogP contribution is 2.00. The lowest BCUT2D eigenvalue weighted by molar-refractivity contribution is 0.0948. The van der Waals surface area contributed by atoms with Gasteiger partial charge in [-0.15, -0.1) is 0 Å². The fraction of sp³-hybridized carbons (Fsp3) is 0.429. The maximum absolute atomic E-state index is 11.8. The predicted molar refractivity (Wildman–Crippen MR) is 80.1 cm³/mol. The zero-order chi connectivity index (χ0) is 13.9. The van der Waals surface area contributed by atoms with E-state index in [0.717, 1.165) is 24.2 Å². The van der Waals surface area contributed by atoms with E-state index in [4.69, 9.17) is 5.73 Å². The Balaban J connectivity index is 2.40. The molecule has 1 amide bonds. The Bertz CT molecular complexity index is 448. The number of hydrogen-bond acceptors (Lipinski definition) is 4. The maximum Gasteiger partial charge on any atom is 0.269 e. The van der Waals surface area contributed by atoms with Crippen molar-refractivity contribution in [3.63, 3.8) is 0 Å². The Morgan fingerprint density at radius 2 is 2.32 bits per heavy atom. The molecule has 19 heavy (non-hydrogen) atoms. The second-order valence-corrected chi connectivity index (χ2v) is 4.88. The molecule has 1 aromatic rings. The molecule has 1 aromatic heterocycles. The summed E-state index contributed by atoms with van der Waals surface area (Å²) in [4.78, 5) is 15.9. The number of pyridine rings is 1. The van der Waals surface area contributed by atoms with E-state index in [-0.39, 0.29) is 5.91 Å². The standard InChI is InChI=1S/C14H19N3OS/c1-19-10-3-2-9-16-14(18)13-7-6-12(11-17-13)5-4-8-15/h6-7,11H,2-3,8-10,15H2,1H3,(H,16,18). The molecule has 102 valence electrons. The van der Waals surface area contributed by atoms with Crippen LogP contribution in [0.5, 0.6) is 0 Å². The van der Waals surface area contributed by atoms with Crippen LogP contribution in [-0.2, 0) is 0 Å². The van der Waals surface area contributed by atoms with Crippen molar-refractivity contribution < 1.29 is 4.79 Å². The van der Waals surface area contributed by atoms with Gasteiger partial charge < -0.3 is 11.1 Å². The van der Waals surface area contributed by atoms with Crippen LogP contribution in [0.3, 0.4) is 0 Å². The maximum atomic E-state index is 11.8. The zero-order valence-electron chi connectivity index (χ0n) is 11.1. The molecular weight excluding hydrogens is 258 g/mol. The highest BCUT2D eigenvalue weighted by Gasteiger charge is 2.05. The van der Waals surface area contributed by atoms with Gasteiger partial charge in [0.1, 0.15) is 5.69 Å². The zero-order valence-corrected chi connectivity index (χ0v) is 11.9. The fourth-order valence-electron chi connectivity index (χ4n) is 1.42. The summed E-state index contributed by atoms with van der Waals surface area (Å²) in [6.07, 6.45) is 5.78. The van der Waals surface area contributed by atoms with Crippen LogP contribution in [0.2, 0.25) is 0 Å². The first-order valence-corrected chi connectivity index (χ1v) is 7.59. The molecule has 0 atom stereocenters. The molecule has 4 nitrogen and oxygen atoms in total.